The number of piperidine rings is 1. The molecule has 3 aliphatic rings. The molecule has 1 amide bonds. The quantitative estimate of drug-likeness (QED) is 0.265. The zero-order valence-corrected chi connectivity index (χ0v) is 27.6. The van der Waals surface area contributed by atoms with Crippen LogP contribution in [0.2, 0.25) is 0 Å². The molecule has 0 spiro atoms. The van der Waals surface area contributed by atoms with E-state index in [1.807, 2.05) is 0 Å². The molecule has 4 nitrogen and oxygen atoms in total. The Morgan fingerprint density at radius 2 is 1.25 bits per heavy atom. The van der Waals surface area contributed by atoms with Crippen LogP contribution in [-0.2, 0) is 41.3 Å². The summed E-state index contributed by atoms with van der Waals surface area (Å²) in [5.74, 6) is -0.851. The third-order valence-electron chi connectivity index (χ3n) is 10.6. The number of carbonyl (C=O) groups excluding carboxylic acids is 1. The topological polar surface area (TPSA) is 26.8 Å². The van der Waals surface area contributed by atoms with Gasteiger partial charge in [0.1, 0.15) is 0 Å². The van der Waals surface area contributed by atoms with Crippen LogP contribution in [0.3, 0.4) is 0 Å². The SMILES string of the molecule is O=C(Cc1cc(C(F)(F)F)cc(C(F)(F)F)c1)N1CCC[C@](CCN2CCN(C3CCCCC3)CC2)(c2ccc(C(F)(F)F)c(C(F)(F)F)c2)C1. The number of hydrogen-bond acceptors (Lipinski definition) is 3. The van der Waals surface area contributed by atoms with Crippen LogP contribution in [-0.4, -0.2) is 72.5 Å². The molecule has 3 fully saturated rings. The first kappa shape index (κ1) is 39.2. The predicted octanol–water partition coefficient (Wildman–Crippen LogP) is 9.21. The Morgan fingerprint density at radius 1 is 0.667 bits per heavy atom. The Morgan fingerprint density at radius 3 is 1.80 bits per heavy atom. The largest absolute Gasteiger partial charge is 0.417 e. The zero-order valence-electron chi connectivity index (χ0n) is 27.6. The minimum absolute atomic E-state index is 0.0124. The molecule has 51 heavy (non-hydrogen) atoms. The Kier molecular flexibility index (Phi) is 11.4. The normalized spacial score (nSPS) is 22.4. The molecular weight excluding hydrogens is 706 g/mol. The van der Waals surface area contributed by atoms with E-state index in [1.165, 1.54) is 11.3 Å². The van der Waals surface area contributed by atoms with Gasteiger partial charge in [0.15, 0.2) is 0 Å². The number of nitrogens with zero attached hydrogens (tertiary/aromatic N) is 3. The minimum Gasteiger partial charge on any atom is -0.342 e. The van der Waals surface area contributed by atoms with Crippen molar-refractivity contribution >= 4 is 5.91 Å². The minimum atomic E-state index is -5.36. The van der Waals surface area contributed by atoms with E-state index in [2.05, 4.69) is 9.80 Å². The van der Waals surface area contributed by atoms with Gasteiger partial charge in [-0.2, -0.15) is 52.7 Å². The fraction of sp³-hybridized carbons (Fsp3) is 0.629. The molecule has 0 radical (unpaired) electrons. The van der Waals surface area contributed by atoms with Crippen molar-refractivity contribution in [2.45, 2.75) is 93.9 Å². The van der Waals surface area contributed by atoms with E-state index in [-0.39, 0.29) is 44.0 Å². The lowest BCUT2D eigenvalue weighted by Gasteiger charge is -2.46. The number of piperazine rings is 1. The van der Waals surface area contributed by atoms with Crippen molar-refractivity contribution < 1.29 is 57.5 Å². The second-order valence-corrected chi connectivity index (χ2v) is 14.0. The van der Waals surface area contributed by atoms with Crippen LogP contribution in [0.15, 0.2) is 36.4 Å². The van der Waals surface area contributed by atoms with E-state index in [0.29, 0.717) is 49.9 Å². The third-order valence-corrected chi connectivity index (χ3v) is 10.6. The van der Waals surface area contributed by atoms with Crippen LogP contribution >= 0.6 is 0 Å². The number of carbonyl (C=O) groups is 1. The van der Waals surface area contributed by atoms with E-state index in [9.17, 15) is 57.5 Å². The molecule has 284 valence electrons. The van der Waals surface area contributed by atoms with Gasteiger partial charge >= 0.3 is 24.7 Å². The lowest BCUT2D eigenvalue weighted by molar-refractivity contribution is -0.162. The van der Waals surface area contributed by atoms with Crippen molar-refractivity contribution in [1.82, 2.24) is 14.7 Å². The van der Waals surface area contributed by atoms with E-state index in [0.717, 1.165) is 44.8 Å². The first-order valence-electron chi connectivity index (χ1n) is 17.0. The Hall–Kier alpha value is -3.01. The van der Waals surface area contributed by atoms with Crippen LogP contribution in [0.1, 0.15) is 84.7 Å². The molecule has 2 heterocycles. The first-order chi connectivity index (χ1) is 23.7. The molecule has 1 atom stereocenters. The second kappa shape index (κ2) is 14.8. The van der Waals surface area contributed by atoms with Gasteiger partial charge in [-0.1, -0.05) is 25.3 Å². The van der Waals surface area contributed by atoms with Crippen molar-refractivity contribution in [3.63, 3.8) is 0 Å². The van der Waals surface area contributed by atoms with Crippen molar-refractivity contribution in [2.24, 2.45) is 0 Å². The number of benzene rings is 2. The summed E-state index contributed by atoms with van der Waals surface area (Å²) in [6, 6.07) is 3.16. The van der Waals surface area contributed by atoms with Crippen LogP contribution in [0.5, 0.6) is 0 Å². The maximum absolute atomic E-state index is 14.1. The number of hydrogen-bond donors (Lipinski definition) is 0. The molecule has 2 aromatic carbocycles. The summed E-state index contributed by atoms with van der Waals surface area (Å²) in [6.07, 6.45) is -15.5. The number of halogens is 12. The number of amides is 1. The van der Waals surface area contributed by atoms with Gasteiger partial charge in [-0.3, -0.25) is 9.69 Å². The van der Waals surface area contributed by atoms with Crippen LogP contribution in [0.4, 0.5) is 52.7 Å². The fourth-order valence-corrected chi connectivity index (χ4v) is 7.86. The zero-order chi connectivity index (χ0) is 37.4. The highest BCUT2D eigenvalue weighted by atomic mass is 19.4. The van der Waals surface area contributed by atoms with Gasteiger partial charge in [0.25, 0.3) is 0 Å². The molecule has 16 heteroatoms. The highest BCUT2D eigenvalue weighted by Crippen LogP contribution is 2.45. The summed E-state index contributed by atoms with van der Waals surface area (Å²) in [4.78, 5) is 19.3. The number of rotatable bonds is 7. The standard InChI is InChI=1S/C35H39F12N3O/c36-32(37,38)25-17-23(18-26(20-25)33(39,40)41)19-30(51)50-11-4-9-31(22-50,24-7-8-28(34(42,43)44)29(21-24)35(45,46)47)10-12-48-13-15-49(16-14-48)27-5-2-1-3-6-27/h7-8,17-18,20-21,27H,1-6,9-16,19,22H2/t31-/m1/s1. The van der Waals surface area contributed by atoms with Gasteiger partial charge in [0, 0.05) is 50.7 Å². The lowest BCUT2D eigenvalue weighted by Crippen LogP contribution is -2.53. The highest BCUT2D eigenvalue weighted by molar-refractivity contribution is 5.79. The molecule has 2 aromatic rings. The highest BCUT2D eigenvalue weighted by Gasteiger charge is 2.46. The second-order valence-electron chi connectivity index (χ2n) is 14.0. The molecule has 0 aromatic heterocycles. The van der Waals surface area contributed by atoms with Gasteiger partial charge in [-0.25, -0.2) is 0 Å². The van der Waals surface area contributed by atoms with E-state index in [4.69, 9.17) is 0 Å². The van der Waals surface area contributed by atoms with Crippen molar-refractivity contribution in [3.8, 4) is 0 Å². The average Bonchev–Trinajstić information content (AvgIpc) is 3.06. The van der Waals surface area contributed by atoms with Crippen LogP contribution < -0.4 is 0 Å². The predicted molar refractivity (Wildman–Crippen MR) is 164 cm³/mol. The molecule has 2 saturated heterocycles. The molecule has 1 saturated carbocycles. The van der Waals surface area contributed by atoms with Crippen molar-refractivity contribution in [1.29, 1.82) is 0 Å². The monoisotopic (exact) mass is 745 g/mol. The molecule has 0 N–H and O–H groups in total. The first-order valence-corrected chi connectivity index (χ1v) is 17.0. The van der Waals surface area contributed by atoms with Gasteiger partial charge < -0.3 is 9.80 Å². The summed E-state index contributed by atoms with van der Waals surface area (Å²) >= 11 is 0. The maximum atomic E-state index is 14.1. The summed E-state index contributed by atoms with van der Waals surface area (Å²) < 4.78 is 164. The summed E-state index contributed by atoms with van der Waals surface area (Å²) in [7, 11) is 0. The smallest absolute Gasteiger partial charge is 0.342 e. The average molecular weight is 746 g/mol. The molecule has 2 aliphatic heterocycles. The van der Waals surface area contributed by atoms with E-state index < -0.39 is 70.3 Å². The molecular formula is C35H39F12N3O. The van der Waals surface area contributed by atoms with Crippen molar-refractivity contribution in [2.75, 3.05) is 45.8 Å². The Balaban J connectivity index is 1.42. The Labute approximate surface area is 287 Å². The van der Waals surface area contributed by atoms with Crippen LogP contribution in [0.25, 0.3) is 0 Å². The molecule has 1 aliphatic carbocycles. The number of alkyl halides is 12. The van der Waals surface area contributed by atoms with Gasteiger partial charge in [0.2, 0.25) is 5.91 Å². The van der Waals surface area contributed by atoms with Gasteiger partial charge in [-0.15, -0.1) is 0 Å². The van der Waals surface area contributed by atoms with Gasteiger partial charge in [0.05, 0.1) is 28.7 Å². The molecule has 0 bridgehead atoms. The van der Waals surface area contributed by atoms with Crippen LogP contribution in [0, 0.1) is 0 Å². The lowest BCUT2D eigenvalue weighted by atomic mass is 9.70. The fourth-order valence-electron chi connectivity index (χ4n) is 7.86. The maximum Gasteiger partial charge on any atom is 0.417 e. The van der Waals surface area contributed by atoms with E-state index in [1.54, 1.807) is 0 Å². The summed E-state index contributed by atoms with van der Waals surface area (Å²) in [5.41, 5.74) is -8.82. The summed E-state index contributed by atoms with van der Waals surface area (Å²) in [5, 5.41) is 0. The van der Waals surface area contributed by atoms with E-state index >= 15 is 0 Å². The summed E-state index contributed by atoms with van der Waals surface area (Å²) in [6.45, 7) is 2.96. The molecule has 5 rings (SSSR count). The third kappa shape index (κ3) is 9.51. The van der Waals surface area contributed by atoms with Gasteiger partial charge in [-0.05, 0) is 80.1 Å². The molecule has 0 unspecified atom stereocenters. The number of likely N-dealkylation sites (tertiary alicyclic amines) is 1. The van der Waals surface area contributed by atoms with Crippen molar-refractivity contribution in [3.05, 3.63) is 69.8 Å². The Bertz CT molecular complexity index is 1490.